The molecule has 0 aliphatic heterocycles. The second-order valence-electron chi connectivity index (χ2n) is 5.86. The van der Waals surface area contributed by atoms with Gasteiger partial charge < -0.3 is 19.9 Å². The lowest BCUT2D eigenvalue weighted by molar-refractivity contribution is 0.0526. The summed E-state index contributed by atoms with van der Waals surface area (Å²) in [5.74, 6) is -0.465. The number of nitrogens with one attached hydrogen (secondary N) is 2. The van der Waals surface area contributed by atoms with Gasteiger partial charge in [-0.2, -0.15) is 0 Å². The summed E-state index contributed by atoms with van der Waals surface area (Å²) < 4.78 is 6.94. The maximum atomic E-state index is 11.9. The molecule has 0 unspecified atom stereocenters. The van der Waals surface area contributed by atoms with Gasteiger partial charge in [0.15, 0.2) is 5.11 Å². The second-order valence-corrected chi connectivity index (χ2v) is 6.67. The number of anilines is 1. The summed E-state index contributed by atoms with van der Waals surface area (Å²) in [4.78, 5) is 16.0. The number of nitrogens with zero attached hydrogens (tertiary/aromatic N) is 2. The third-order valence-electron chi connectivity index (χ3n) is 3.91. The first-order valence-corrected chi connectivity index (χ1v) is 9.44. The van der Waals surface area contributed by atoms with Crippen LogP contribution >= 0.6 is 23.8 Å². The first-order valence-electron chi connectivity index (χ1n) is 8.65. The smallest absolute Gasteiger partial charge is 0.339 e. The molecule has 0 aliphatic carbocycles. The molecular weight excluding hydrogens is 396 g/mol. The number of carbonyl (C=O) groups is 1. The van der Waals surface area contributed by atoms with Crippen molar-refractivity contribution in [3.05, 3.63) is 77.3 Å². The van der Waals surface area contributed by atoms with E-state index >= 15 is 0 Å². The average molecular weight is 415 g/mol. The van der Waals surface area contributed by atoms with Crippen LogP contribution in [0, 0.1) is 0 Å². The average Bonchev–Trinajstić information content (AvgIpc) is 3.23. The molecule has 0 radical (unpaired) electrons. The van der Waals surface area contributed by atoms with Crippen molar-refractivity contribution in [1.29, 1.82) is 0 Å². The number of imidazole rings is 1. The Kier molecular flexibility index (Phi) is 6.62. The van der Waals surface area contributed by atoms with Crippen molar-refractivity contribution in [2.24, 2.45) is 0 Å². The largest absolute Gasteiger partial charge is 0.462 e. The van der Waals surface area contributed by atoms with Gasteiger partial charge in [0.25, 0.3) is 0 Å². The summed E-state index contributed by atoms with van der Waals surface area (Å²) in [7, 11) is 0. The third-order valence-corrected chi connectivity index (χ3v) is 4.49. The minimum absolute atomic E-state index is 0.284. The van der Waals surface area contributed by atoms with E-state index in [-0.39, 0.29) is 6.61 Å². The van der Waals surface area contributed by atoms with Crippen LogP contribution < -0.4 is 10.6 Å². The highest BCUT2D eigenvalue weighted by Gasteiger charge is 2.12. The van der Waals surface area contributed by atoms with Crippen molar-refractivity contribution in [1.82, 2.24) is 14.9 Å². The van der Waals surface area contributed by atoms with E-state index in [1.54, 1.807) is 37.6 Å². The summed E-state index contributed by atoms with van der Waals surface area (Å²) in [6.45, 7) is 2.59. The molecule has 0 spiro atoms. The summed E-state index contributed by atoms with van der Waals surface area (Å²) >= 11 is 11.4. The molecule has 0 saturated heterocycles. The lowest BCUT2D eigenvalue weighted by atomic mass is 10.2. The number of aromatic nitrogens is 2. The Balaban J connectivity index is 1.57. The van der Waals surface area contributed by atoms with Gasteiger partial charge in [-0.05, 0) is 55.0 Å². The molecule has 0 fully saturated rings. The number of halogens is 1. The Hall–Kier alpha value is -2.90. The fourth-order valence-electron chi connectivity index (χ4n) is 2.52. The van der Waals surface area contributed by atoms with Gasteiger partial charge >= 0.3 is 5.97 Å². The van der Waals surface area contributed by atoms with Gasteiger partial charge in [0.1, 0.15) is 0 Å². The van der Waals surface area contributed by atoms with E-state index in [0.29, 0.717) is 27.9 Å². The van der Waals surface area contributed by atoms with Crippen LogP contribution in [0.3, 0.4) is 0 Å². The van der Waals surface area contributed by atoms with Crippen LogP contribution in [0.1, 0.15) is 22.8 Å². The highest BCUT2D eigenvalue weighted by atomic mass is 35.5. The molecule has 3 rings (SSSR count). The zero-order valence-corrected chi connectivity index (χ0v) is 16.8. The topological polar surface area (TPSA) is 68.2 Å². The normalized spacial score (nSPS) is 10.4. The number of esters is 1. The molecule has 0 aliphatic rings. The number of hydrogen-bond acceptors (Lipinski definition) is 4. The maximum Gasteiger partial charge on any atom is 0.339 e. The van der Waals surface area contributed by atoms with Gasteiger partial charge in [0.2, 0.25) is 0 Å². The first kappa shape index (κ1) is 19.9. The summed E-state index contributed by atoms with van der Waals surface area (Å²) in [5, 5.41) is 6.97. The molecule has 2 aromatic carbocycles. The Bertz CT molecular complexity index is 959. The predicted molar refractivity (Wildman–Crippen MR) is 114 cm³/mol. The Morgan fingerprint density at radius 3 is 2.71 bits per heavy atom. The van der Waals surface area contributed by atoms with E-state index < -0.39 is 5.97 Å². The van der Waals surface area contributed by atoms with Gasteiger partial charge in [0.05, 0.1) is 23.5 Å². The predicted octanol–water partition coefficient (Wildman–Crippen LogP) is 4.19. The van der Waals surface area contributed by atoms with E-state index in [4.69, 9.17) is 28.6 Å². The number of ether oxygens (including phenoxy) is 1. The molecule has 0 bridgehead atoms. The van der Waals surface area contributed by atoms with Crippen LogP contribution in [0.2, 0.25) is 5.02 Å². The fourth-order valence-corrected chi connectivity index (χ4v) is 2.91. The fraction of sp³-hybridized carbons (Fsp3) is 0.150. The highest BCUT2D eigenvalue weighted by Crippen LogP contribution is 2.21. The second kappa shape index (κ2) is 9.34. The molecule has 1 heterocycles. The van der Waals surface area contributed by atoms with E-state index in [2.05, 4.69) is 15.6 Å². The number of carbonyl (C=O) groups excluding carboxylic acids is 1. The van der Waals surface area contributed by atoms with Crippen molar-refractivity contribution >= 4 is 40.6 Å². The lowest BCUT2D eigenvalue weighted by Gasteiger charge is -2.12. The minimum atomic E-state index is -0.465. The van der Waals surface area contributed by atoms with Gasteiger partial charge in [-0.3, -0.25) is 0 Å². The van der Waals surface area contributed by atoms with Crippen LogP contribution in [0.5, 0.6) is 0 Å². The zero-order chi connectivity index (χ0) is 19.9. The van der Waals surface area contributed by atoms with Crippen LogP contribution in [-0.4, -0.2) is 27.2 Å². The highest BCUT2D eigenvalue weighted by molar-refractivity contribution is 7.80. The van der Waals surface area contributed by atoms with Crippen LogP contribution in [0.25, 0.3) is 5.69 Å². The first-order chi connectivity index (χ1) is 13.6. The van der Waals surface area contributed by atoms with Crippen LogP contribution in [0.15, 0.2) is 61.2 Å². The molecule has 0 saturated carbocycles. The summed E-state index contributed by atoms with van der Waals surface area (Å²) in [6, 6.07) is 13.1. The van der Waals surface area contributed by atoms with Gasteiger partial charge in [0, 0.05) is 30.3 Å². The molecule has 2 N–H and O–H groups in total. The number of thiocarbonyl (C=S) groups is 1. The number of benzene rings is 2. The quantitative estimate of drug-likeness (QED) is 0.465. The van der Waals surface area contributed by atoms with Crippen molar-refractivity contribution in [2.45, 2.75) is 13.5 Å². The monoisotopic (exact) mass is 414 g/mol. The molecule has 8 heteroatoms. The van der Waals surface area contributed by atoms with Crippen LogP contribution in [0.4, 0.5) is 5.69 Å². The van der Waals surface area contributed by atoms with Gasteiger partial charge in [-0.25, -0.2) is 9.78 Å². The molecule has 0 amide bonds. The van der Waals surface area contributed by atoms with E-state index in [9.17, 15) is 4.79 Å². The van der Waals surface area contributed by atoms with E-state index in [0.717, 1.165) is 11.3 Å². The number of rotatable bonds is 6. The lowest BCUT2D eigenvalue weighted by Crippen LogP contribution is -2.28. The van der Waals surface area contributed by atoms with Crippen molar-refractivity contribution in [3.8, 4) is 5.69 Å². The molecular formula is C20H19ClN4O2S. The zero-order valence-electron chi connectivity index (χ0n) is 15.2. The molecule has 144 valence electrons. The molecule has 6 nitrogen and oxygen atoms in total. The Morgan fingerprint density at radius 2 is 2.04 bits per heavy atom. The van der Waals surface area contributed by atoms with Crippen LogP contribution in [-0.2, 0) is 11.3 Å². The number of hydrogen-bond donors (Lipinski definition) is 2. The molecule has 3 aromatic rings. The Labute approximate surface area is 173 Å². The molecule has 28 heavy (non-hydrogen) atoms. The minimum Gasteiger partial charge on any atom is -0.462 e. The van der Waals surface area contributed by atoms with Crippen molar-refractivity contribution in [2.75, 3.05) is 11.9 Å². The molecule has 0 atom stereocenters. The summed E-state index contributed by atoms with van der Waals surface area (Å²) in [6.07, 6.45) is 5.38. The SMILES string of the molecule is CCOC(=O)c1cc(NC(=S)NCc2ccc(-n3ccnc3)cc2)ccc1Cl. The standard InChI is InChI=1S/C20H19ClN4O2S/c1-2-27-19(26)17-11-15(5-8-18(17)21)24-20(28)23-12-14-3-6-16(7-4-14)25-10-9-22-13-25/h3-11,13H,2,12H2,1H3,(H2,23,24,28). The maximum absolute atomic E-state index is 11.9. The summed E-state index contributed by atoms with van der Waals surface area (Å²) in [5.41, 5.74) is 3.07. The van der Waals surface area contributed by atoms with Crippen molar-refractivity contribution < 1.29 is 9.53 Å². The molecule has 1 aromatic heterocycles. The van der Waals surface area contributed by atoms with Gasteiger partial charge in [-0.1, -0.05) is 23.7 Å². The van der Waals surface area contributed by atoms with E-state index in [1.807, 2.05) is 35.0 Å². The third kappa shape index (κ3) is 5.09. The van der Waals surface area contributed by atoms with E-state index in [1.165, 1.54) is 0 Å². The Morgan fingerprint density at radius 1 is 1.25 bits per heavy atom. The van der Waals surface area contributed by atoms with Crippen molar-refractivity contribution in [3.63, 3.8) is 0 Å². The van der Waals surface area contributed by atoms with Gasteiger partial charge in [-0.15, -0.1) is 0 Å².